The number of piperidine rings is 1. The van der Waals surface area contributed by atoms with Crippen LogP contribution in [-0.4, -0.2) is 36.1 Å². The summed E-state index contributed by atoms with van der Waals surface area (Å²) < 4.78 is 29.8. The van der Waals surface area contributed by atoms with Gasteiger partial charge in [0.1, 0.15) is 0 Å². The highest BCUT2D eigenvalue weighted by atomic mass is 32.2. The summed E-state index contributed by atoms with van der Waals surface area (Å²) in [5.41, 5.74) is 0. The van der Waals surface area contributed by atoms with Gasteiger partial charge in [0.2, 0.25) is 0 Å². The molecule has 0 radical (unpaired) electrons. The topological polar surface area (TPSA) is 86.6 Å². The highest BCUT2D eigenvalue weighted by Crippen LogP contribution is 2.23. The second kappa shape index (κ2) is 2.71. The number of aliphatic hydroxyl groups is 1. The Bertz CT molecular complexity index is 229. The molecule has 3 N–H and O–H groups in total. The summed E-state index contributed by atoms with van der Waals surface area (Å²) in [6.07, 6.45) is 0.0949. The zero-order valence-corrected chi connectivity index (χ0v) is 6.76. The molecule has 0 spiro atoms. The van der Waals surface area contributed by atoms with Crippen LogP contribution in [0.2, 0.25) is 0 Å². The van der Waals surface area contributed by atoms with Crippen molar-refractivity contribution >= 4 is 10.1 Å². The first-order valence-electron chi connectivity index (χ1n) is 3.36. The summed E-state index contributed by atoms with van der Waals surface area (Å²) >= 11 is 0. The molecule has 0 atom stereocenters. The molecule has 0 aliphatic carbocycles. The molecule has 11 heavy (non-hydrogen) atoms. The maximum atomic E-state index is 10.6. The minimum absolute atomic E-state index is 0.0475. The van der Waals surface area contributed by atoms with Crippen molar-refractivity contribution in [3.05, 3.63) is 0 Å². The van der Waals surface area contributed by atoms with Crippen molar-refractivity contribution in [2.75, 3.05) is 13.1 Å². The number of rotatable bonds is 1. The fourth-order valence-corrected chi connectivity index (χ4v) is 1.80. The second-order valence-corrected chi connectivity index (χ2v) is 4.38. The van der Waals surface area contributed by atoms with Gasteiger partial charge < -0.3 is 10.4 Å². The molecular formula is C5H11NO4S. The van der Waals surface area contributed by atoms with Crippen molar-refractivity contribution in [1.29, 1.82) is 0 Å². The van der Waals surface area contributed by atoms with Gasteiger partial charge >= 0.3 is 0 Å². The largest absolute Gasteiger partial charge is 0.372 e. The lowest BCUT2D eigenvalue weighted by Gasteiger charge is -2.28. The van der Waals surface area contributed by atoms with Crippen molar-refractivity contribution in [3.8, 4) is 0 Å². The Morgan fingerprint density at radius 3 is 2.00 bits per heavy atom. The lowest BCUT2D eigenvalue weighted by molar-refractivity contribution is 0.0803. The van der Waals surface area contributed by atoms with E-state index in [2.05, 4.69) is 5.32 Å². The third-order valence-electron chi connectivity index (χ3n) is 1.86. The molecule has 1 heterocycles. The zero-order valence-electron chi connectivity index (χ0n) is 5.95. The molecule has 1 rings (SSSR count). The van der Waals surface area contributed by atoms with Crippen molar-refractivity contribution in [3.63, 3.8) is 0 Å². The Labute approximate surface area is 65.2 Å². The average Bonchev–Trinajstić information content (AvgIpc) is 1.87. The first kappa shape index (κ1) is 8.92. The van der Waals surface area contributed by atoms with Crippen LogP contribution in [-0.2, 0) is 10.1 Å². The van der Waals surface area contributed by atoms with Crippen LogP contribution in [0.5, 0.6) is 0 Å². The number of hydrogen-bond acceptors (Lipinski definition) is 4. The molecule has 1 fully saturated rings. The molecule has 1 aliphatic heterocycles. The molecule has 1 saturated heterocycles. The molecule has 0 amide bonds. The minimum Gasteiger partial charge on any atom is -0.372 e. The van der Waals surface area contributed by atoms with Gasteiger partial charge in [0.25, 0.3) is 10.1 Å². The van der Waals surface area contributed by atoms with E-state index in [-0.39, 0.29) is 12.8 Å². The maximum absolute atomic E-state index is 10.6. The van der Waals surface area contributed by atoms with E-state index in [9.17, 15) is 13.5 Å². The maximum Gasteiger partial charge on any atom is 0.295 e. The van der Waals surface area contributed by atoms with Gasteiger partial charge in [-0.05, 0) is 13.1 Å². The summed E-state index contributed by atoms with van der Waals surface area (Å²) in [5.74, 6) is 0. The smallest absolute Gasteiger partial charge is 0.295 e. The van der Waals surface area contributed by atoms with E-state index in [0.29, 0.717) is 13.1 Å². The minimum atomic E-state index is -4.31. The van der Waals surface area contributed by atoms with Crippen LogP contribution in [0.25, 0.3) is 0 Å². The molecule has 6 heteroatoms. The molecular weight excluding hydrogens is 170 g/mol. The lowest BCUT2D eigenvalue weighted by Crippen LogP contribution is -2.47. The van der Waals surface area contributed by atoms with Crippen LogP contribution in [0.4, 0.5) is 0 Å². The molecule has 0 saturated carbocycles. The number of nitrogens with one attached hydrogen (secondary N) is 1. The monoisotopic (exact) mass is 181 g/mol. The van der Waals surface area contributed by atoms with Crippen molar-refractivity contribution in [1.82, 2.24) is 5.32 Å². The van der Waals surface area contributed by atoms with Crippen LogP contribution >= 0.6 is 0 Å². The second-order valence-electron chi connectivity index (χ2n) is 2.67. The first-order valence-corrected chi connectivity index (χ1v) is 4.80. The van der Waals surface area contributed by atoms with Gasteiger partial charge in [-0.25, -0.2) is 0 Å². The molecule has 0 aromatic heterocycles. The quantitative estimate of drug-likeness (QED) is 0.449. The van der Waals surface area contributed by atoms with Crippen LogP contribution in [0.1, 0.15) is 12.8 Å². The molecule has 5 nitrogen and oxygen atoms in total. The zero-order chi connectivity index (χ0) is 8.54. The summed E-state index contributed by atoms with van der Waals surface area (Å²) in [6, 6.07) is 0. The van der Waals surface area contributed by atoms with Crippen molar-refractivity contribution in [2.24, 2.45) is 0 Å². The van der Waals surface area contributed by atoms with Gasteiger partial charge in [0, 0.05) is 12.8 Å². The Kier molecular flexibility index (Phi) is 2.19. The van der Waals surface area contributed by atoms with Crippen molar-refractivity contribution in [2.45, 2.75) is 17.8 Å². The summed E-state index contributed by atoms with van der Waals surface area (Å²) in [4.78, 5) is -1.92. The van der Waals surface area contributed by atoms with Crippen LogP contribution < -0.4 is 5.32 Å². The van der Waals surface area contributed by atoms with Gasteiger partial charge in [0.05, 0.1) is 0 Å². The fraction of sp³-hybridized carbons (Fsp3) is 1.00. The van der Waals surface area contributed by atoms with E-state index >= 15 is 0 Å². The first-order chi connectivity index (χ1) is 4.96. The molecule has 0 aromatic rings. The standard InChI is InChI=1S/C5H11NO4S/c7-5(11(8,9)10)1-3-6-4-2-5/h6-7H,1-4H2,(H,8,9,10). The van der Waals surface area contributed by atoms with Crippen LogP contribution in [0.3, 0.4) is 0 Å². The summed E-state index contributed by atoms with van der Waals surface area (Å²) in [6.45, 7) is 0.826. The number of hydrogen-bond donors (Lipinski definition) is 3. The predicted molar refractivity (Wildman–Crippen MR) is 38.6 cm³/mol. The fourth-order valence-electron chi connectivity index (χ4n) is 1.08. The van der Waals surface area contributed by atoms with Gasteiger partial charge in [0.15, 0.2) is 4.93 Å². The highest BCUT2D eigenvalue weighted by molar-refractivity contribution is 7.87. The van der Waals surface area contributed by atoms with E-state index < -0.39 is 15.1 Å². The summed E-state index contributed by atoms with van der Waals surface area (Å²) in [5, 5.41) is 12.2. The molecule has 0 unspecified atom stereocenters. The van der Waals surface area contributed by atoms with E-state index in [0.717, 1.165) is 0 Å². The van der Waals surface area contributed by atoms with E-state index in [1.165, 1.54) is 0 Å². The Hall–Kier alpha value is -0.170. The third-order valence-corrected chi connectivity index (χ3v) is 3.23. The van der Waals surface area contributed by atoms with Gasteiger partial charge in [-0.3, -0.25) is 4.55 Å². The van der Waals surface area contributed by atoms with Crippen LogP contribution in [0, 0.1) is 0 Å². The highest BCUT2D eigenvalue weighted by Gasteiger charge is 2.41. The van der Waals surface area contributed by atoms with Gasteiger partial charge in [-0.1, -0.05) is 0 Å². The Balaban J connectivity index is 2.81. The summed E-state index contributed by atoms with van der Waals surface area (Å²) in [7, 11) is -4.31. The van der Waals surface area contributed by atoms with E-state index in [1.807, 2.05) is 0 Å². The lowest BCUT2D eigenvalue weighted by atomic mass is 10.1. The van der Waals surface area contributed by atoms with Gasteiger partial charge in [-0.15, -0.1) is 0 Å². The van der Waals surface area contributed by atoms with E-state index in [4.69, 9.17) is 4.55 Å². The molecule has 66 valence electrons. The Morgan fingerprint density at radius 2 is 1.73 bits per heavy atom. The third kappa shape index (κ3) is 1.70. The average molecular weight is 181 g/mol. The Morgan fingerprint density at radius 1 is 1.27 bits per heavy atom. The molecule has 1 aliphatic rings. The van der Waals surface area contributed by atoms with Gasteiger partial charge in [-0.2, -0.15) is 8.42 Å². The SMILES string of the molecule is O=S(=O)(O)C1(O)CCNCC1. The normalized spacial score (nSPS) is 24.9. The molecule has 0 bridgehead atoms. The molecule has 0 aromatic carbocycles. The van der Waals surface area contributed by atoms with Crippen molar-refractivity contribution < 1.29 is 18.1 Å². The predicted octanol–water partition coefficient (Wildman–Crippen LogP) is -1.05. The van der Waals surface area contributed by atoms with Crippen LogP contribution in [0.15, 0.2) is 0 Å². The van der Waals surface area contributed by atoms with E-state index in [1.54, 1.807) is 0 Å².